The molecule has 2 aromatic rings. The molecule has 0 unspecified atom stereocenters. The van der Waals surface area contributed by atoms with Gasteiger partial charge in [-0.25, -0.2) is 0 Å². The van der Waals surface area contributed by atoms with E-state index in [1.807, 2.05) is 22.5 Å². The second-order valence-electron chi connectivity index (χ2n) is 7.42. The molecule has 2 heterocycles. The van der Waals surface area contributed by atoms with Crippen LogP contribution in [0.1, 0.15) is 43.6 Å². The lowest BCUT2D eigenvalue weighted by molar-refractivity contribution is -0.132. The largest absolute Gasteiger partial charge is 0.357 e. The molecular weight excluding hydrogens is 378 g/mol. The second-order valence-corrected chi connectivity index (χ2v) is 7.42. The van der Waals surface area contributed by atoms with Crippen molar-refractivity contribution in [3.05, 3.63) is 47.5 Å². The normalized spacial score (nSPS) is 13.8. The highest BCUT2D eigenvalue weighted by molar-refractivity contribution is 5.80. The fraction of sp³-hybridized carbons (Fsp3) is 0.545. The van der Waals surface area contributed by atoms with Crippen LogP contribution in [0.2, 0.25) is 0 Å². The third-order valence-electron chi connectivity index (χ3n) is 5.30. The van der Waals surface area contributed by atoms with Gasteiger partial charge in [0.2, 0.25) is 5.91 Å². The zero-order valence-electron chi connectivity index (χ0n) is 18.1. The zero-order valence-corrected chi connectivity index (χ0v) is 18.1. The van der Waals surface area contributed by atoms with E-state index in [1.165, 1.54) is 11.1 Å². The number of benzene rings is 1. The van der Waals surface area contributed by atoms with Crippen LogP contribution in [-0.2, 0) is 30.7 Å². The van der Waals surface area contributed by atoms with E-state index in [2.05, 4.69) is 50.9 Å². The summed E-state index contributed by atoms with van der Waals surface area (Å²) < 4.78 is 2.05. The molecule has 2 N–H and O–H groups in total. The topological polar surface area (TPSA) is 87.4 Å². The number of carbonyl (C=O) groups excluding carboxylic acids is 1. The molecule has 3 rings (SSSR count). The van der Waals surface area contributed by atoms with Crippen molar-refractivity contribution in [1.82, 2.24) is 30.3 Å². The number of fused-ring (bicyclic) bond motifs is 1. The lowest BCUT2D eigenvalue weighted by atomic mass is 9.99. The number of amides is 1. The highest BCUT2D eigenvalue weighted by Gasteiger charge is 2.19. The van der Waals surface area contributed by atoms with Gasteiger partial charge in [0.25, 0.3) is 0 Å². The first-order chi connectivity index (χ1) is 14.7. The smallest absolute Gasteiger partial charge is 0.222 e. The van der Waals surface area contributed by atoms with Crippen LogP contribution in [0.3, 0.4) is 0 Å². The first-order valence-electron chi connectivity index (χ1n) is 10.9. The summed E-state index contributed by atoms with van der Waals surface area (Å²) in [4.78, 5) is 19.2. The summed E-state index contributed by atoms with van der Waals surface area (Å²) in [5.41, 5.74) is 2.64. The molecule has 0 saturated heterocycles. The van der Waals surface area contributed by atoms with Gasteiger partial charge in [-0.05, 0) is 30.9 Å². The first kappa shape index (κ1) is 21.8. The number of carbonyl (C=O) groups is 1. The Kier molecular flexibility index (Phi) is 8.23. The molecule has 162 valence electrons. The summed E-state index contributed by atoms with van der Waals surface area (Å²) in [7, 11) is 0. The number of aryl methyl sites for hydroxylation is 1. The summed E-state index contributed by atoms with van der Waals surface area (Å²) in [6.07, 6.45) is 4.85. The van der Waals surface area contributed by atoms with Crippen LogP contribution in [0.4, 0.5) is 0 Å². The predicted molar refractivity (Wildman–Crippen MR) is 118 cm³/mol. The Balaban J connectivity index is 1.40. The average molecular weight is 412 g/mol. The molecule has 1 aromatic heterocycles. The Morgan fingerprint density at radius 2 is 2.03 bits per heavy atom. The van der Waals surface area contributed by atoms with E-state index < -0.39 is 0 Å². The molecule has 0 aliphatic carbocycles. The molecule has 1 aromatic carbocycles. The first-order valence-corrected chi connectivity index (χ1v) is 10.9. The van der Waals surface area contributed by atoms with Crippen molar-refractivity contribution in [2.75, 3.05) is 26.2 Å². The van der Waals surface area contributed by atoms with Gasteiger partial charge in [0.05, 0.1) is 0 Å². The van der Waals surface area contributed by atoms with Crippen molar-refractivity contribution in [1.29, 1.82) is 0 Å². The van der Waals surface area contributed by atoms with E-state index in [0.717, 1.165) is 63.8 Å². The zero-order chi connectivity index (χ0) is 21.2. The summed E-state index contributed by atoms with van der Waals surface area (Å²) >= 11 is 0. The molecule has 0 spiro atoms. The van der Waals surface area contributed by atoms with Crippen LogP contribution in [0.15, 0.2) is 35.6 Å². The molecule has 30 heavy (non-hydrogen) atoms. The van der Waals surface area contributed by atoms with Gasteiger partial charge in [-0.1, -0.05) is 31.2 Å². The minimum absolute atomic E-state index is 0.220. The van der Waals surface area contributed by atoms with E-state index >= 15 is 0 Å². The molecule has 1 aliphatic heterocycles. The van der Waals surface area contributed by atoms with Crippen LogP contribution in [0.5, 0.6) is 0 Å². The van der Waals surface area contributed by atoms with Crippen molar-refractivity contribution in [3.63, 3.8) is 0 Å². The summed E-state index contributed by atoms with van der Waals surface area (Å²) in [6.45, 7) is 8.60. The molecule has 8 nitrogen and oxygen atoms in total. The Bertz CT molecular complexity index is 846. The van der Waals surface area contributed by atoms with Crippen LogP contribution >= 0.6 is 0 Å². The Morgan fingerprint density at radius 3 is 2.83 bits per heavy atom. The lowest BCUT2D eigenvalue weighted by Crippen LogP contribution is -2.39. The molecule has 0 bridgehead atoms. The molecule has 0 saturated carbocycles. The van der Waals surface area contributed by atoms with Gasteiger partial charge in [-0.15, -0.1) is 10.2 Å². The molecule has 0 radical (unpaired) electrons. The van der Waals surface area contributed by atoms with Crippen LogP contribution in [0.25, 0.3) is 0 Å². The number of nitrogens with one attached hydrogen (secondary N) is 2. The van der Waals surface area contributed by atoms with Gasteiger partial charge >= 0.3 is 0 Å². The van der Waals surface area contributed by atoms with E-state index in [1.54, 1.807) is 6.33 Å². The maximum absolute atomic E-state index is 12.6. The number of aliphatic imine (C=N–C) groups is 1. The maximum Gasteiger partial charge on any atom is 0.222 e. The van der Waals surface area contributed by atoms with E-state index in [-0.39, 0.29) is 5.91 Å². The lowest BCUT2D eigenvalue weighted by Gasteiger charge is -2.28. The highest BCUT2D eigenvalue weighted by Crippen LogP contribution is 2.19. The number of aromatic nitrogens is 3. The number of hydrogen-bond acceptors (Lipinski definition) is 4. The SMILES string of the molecule is CCNC(=NCCCC(=O)N1CCc2ccccc2C1)NCCn1cnnc1CC. The van der Waals surface area contributed by atoms with E-state index in [0.29, 0.717) is 13.0 Å². The molecular formula is C22H33N7O. The van der Waals surface area contributed by atoms with Crippen molar-refractivity contribution in [2.24, 2.45) is 4.99 Å². The van der Waals surface area contributed by atoms with Crippen molar-refractivity contribution in [2.45, 2.75) is 52.6 Å². The number of nitrogens with zero attached hydrogens (tertiary/aromatic N) is 5. The monoisotopic (exact) mass is 411 g/mol. The van der Waals surface area contributed by atoms with Crippen LogP contribution in [0, 0.1) is 0 Å². The summed E-state index contributed by atoms with van der Waals surface area (Å²) in [5.74, 6) is 1.98. The standard InChI is InChI=1S/C22H33N7O/c1-3-20-27-26-17-29(20)15-13-25-22(23-4-2)24-12-7-10-21(30)28-14-11-18-8-5-6-9-19(18)16-28/h5-6,8-9,17H,3-4,7,10-16H2,1-2H3,(H2,23,24,25). The third-order valence-corrected chi connectivity index (χ3v) is 5.30. The second kappa shape index (κ2) is 11.3. The summed E-state index contributed by atoms with van der Waals surface area (Å²) in [5, 5.41) is 14.7. The van der Waals surface area contributed by atoms with Crippen LogP contribution in [-0.4, -0.2) is 57.7 Å². The molecule has 0 atom stereocenters. The Labute approximate surface area is 178 Å². The molecule has 1 aliphatic rings. The van der Waals surface area contributed by atoms with E-state index in [9.17, 15) is 4.79 Å². The van der Waals surface area contributed by atoms with Gasteiger partial charge < -0.3 is 20.1 Å². The summed E-state index contributed by atoms with van der Waals surface area (Å²) in [6, 6.07) is 8.40. The fourth-order valence-corrected chi connectivity index (χ4v) is 3.66. The van der Waals surface area contributed by atoms with E-state index in [4.69, 9.17) is 0 Å². The van der Waals surface area contributed by atoms with Gasteiger partial charge in [0.15, 0.2) is 5.96 Å². The molecule has 1 amide bonds. The minimum Gasteiger partial charge on any atom is -0.357 e. The average Bonchev–Trinajstić information content (AvgIpc) is 3.23. The van der Waals surface area contributed by atoms with Crippen molar-refractivity contribution in [3.8, 4) is 0 Å². The van der Waals surface area contributed by atoms with Crippen molar-refractivity contribution < 1.29 is 4.79 Å². The molecule has 0 fully saturated rings. The third kappa shape index (κ3) is 6.05. The fourth-order valence-electron chi connectivity index (χ4n) is 3.66. The van der Waals surface area contributed by atoms with Gasteiger partial charge in [0.1, 0.15) is 12.2 Å². The molecule has 8 heteroatoms. The Hall–Kier alpha value is -2.90. The van der Waals surface area contributed by atoms with Gasteiger partial charge in [-0.2, -0.15) is 0 Å². The van der Waals surface area contributed by atoms with Crippen LogP contribution < -0.4 is 10.6 Å². The van der Waals surface area contributed by atoms with Crippen molar-refractivity contribution >= 4 is 11.9 Å². The number of hydrogen-bond donors (Lipinski definition) is 2. The quantitative estimate of drug-likeness (QED) is 0.373. The Morgan fingerprint density at radius 1 is 1.20 bits per heavy atom. The highest BCUT2D eigenvalue weighted by atomic mass is 16.2. The number of rotatable bonds is 9. The minimum atomic E-state index is 0.220. The number of guanidine groups is 1. The maximum atomic E-state index is 12.6. The predicted octanol–water partition coefficient (Wildman–Crippen LogP) is 1.76. The van der Waals surface area contributed by atoms with Gasteiger partial charge in [0, 0.05) is 52.1 Å². The van der Waals surface area contributed by atoms with Gasteiger partial charge in [-0.3, -0.25) is 9.79 Å².